The van der Waals surface area contributed by atoms with E-state index in [9.17, 15) is 14.4 Å². The number of H-pyrrole nitrogens is 1. The molecule has 1 aromatic carbocycles. The molecule has 0 saturated heterocycles. The van der Waals surface area contributed by atoms with Gasteiger partial charge >= 0.3 is 5.97 Å². The molecule has 0 unspecified atom stereocenters. The number of hydrogen-bond donors (Lipinski definition) is 3. The number of nitrogen functional groups attached to an aromatic ring is 1. The van der Waals surface area contributed by atoms with Gasteiger partial charge in [-0.3, -0.25) is 9.59 Å². The summed E-state index contributed by atoms with van der Waals surface area (Å²) in [5, 5.41) is 3.17. The molecular weight excluding hydrogens is 414 g/mol. The Morgan fingerprint density at radius 2 is 2.03 bits per heavy atom. The minimum absolute atomic E-state index is 0.0264. The number of hydrogen-bond acceptors (Lipinski definition) is 9. The second kappa shape index (κ2) is 9.34. The summed E-state index contributed by atoms with van der Waals surface area (Å²) in [7, 11) is 0. The molecule has 0 saturated carbocycles. The molecule has 9 nitrogen and oxygen atoms in total. The Kier molecular flexibility index (Phi) is 6.62. The van der Waals surface area contributed by atoms with Crippen LogP contribution >= 0.6 is 23.1 Å². The lowest BCUT2D eigenvalue weighted by atomic mass is 10.1. The van der Waals surface area contributed by atoms with Crippen molar-refractivity contribution in [2.24, 2.45) is 0 Å². The number of nitrogens with zero attached hydrogens (tertiary/aromatic N) is 2. The van der Waals surface area contributed by atoms with Crippen LogP contribution in [-0.2, 0) is 9.53 Å². The van der Waals surface area contributed by atoms with Gasteiger partial charge in [-0.05, 0) is 6.92 Å². The average Bonchev–Trinajstić information content (AvgIpc) is 3.10. The van der Waals surface area contributed by atoms with Crippen molar-refractivity contribution in [1.29, 1.82) is 0 Å². The molecule has 0 aliphatic rings. The molecule has 4 N–H and O–H groups in total. The number of thiazole rings is 1. The standard InChI is InChI=1S/C18H17N5O4S2/c1-2-27-16(26)15-14(10-6-4-3-5-7-10)23-18(29-15)22-13(25)9-28-17-20-11(19)8-12(24)21-17/h3-8H,2,9H2,1H3,(H,22,23,25)(H3,19,20,21,24). The summed E-state index contributed by atoms with van der Waals surface area (Å²) < 4.78 is 5.10. The molecule has 0 atom stereocenters. The fourth-order valence-corrected chi connectivity index (χ4v) is 3.89. The number of benzene rings is 1. The summed E-state index contributed by atoms with van der Waals surface area (Å²) in [6.45, 7) is 1.95. The van der Waals surface area contributed by atoms with Crippen molar-refractivity contribution >= 4 is 45.9 Å². The Bertz CT molecular complexity index is 1080. The molecule has 150 valence electrons. The third-order valence-corrected chi connectivity index (χ3v) is 5.29. The summed E-state index contributed by atoms with van der Waals surface area (Å²) in [6.07, 6.45) is 0. The maximum absolute atomic E-state index is 12.3. The van der Waals surface area contributed by atoms with Crippen LogP contribution in [0, 0.1) is 0 Å². The number of carbonyl (C=O) groups excluding carboxylic acids is 2. The van der Waals surface area contributed by atoms with E-state index in [0.29, 0.717) is 10.6 Å². The molecule has 0 aliphatic heterocycles. The molecule has 2 heterocycles. The number of nitrogens with one attached hydrogen (secondary N) is 2. The van der Waals surface area contributed by atoms with Gasteiger partial charge in [0.1, 0.15) is 10.7 Å². The van der Waals surface area contributed by atoms with Crippen LogP contribution in [0.1, 0.15) is 16.6 Å². The minimum Gasteiger partial charge on any atom is -0.462 e. The number of nitrogens with two attached hydrogens (primary N) is 1. The molecule has 0 aliphatic carbocycles. The zero-order valence-electron chi connectivity index (χ0n) is 15.3. The van der Waals surface area contributed by atoms with E-state index < -0.39 is 11.5 Å². The lowest BCUT2D eigenvalue weighted by molar-refractivity contribution is -0.113. The summed E-state index contributed by atoms with van der Waals surface area (Å²) in [6, 6.07) is 10.3. The second-order valence-corrected chi connectivity index (χ2v) is 7.56. The van der Waals surface area contributed by atoms with Gasteiger partial charge in [0.2, 0.25) is 5.91 Å². The van der Waals surface area contributed by atoms with E-state index in [2.05, 4.69) is 20.3 Å². The van der Waals surface area contributed by atoms with Gasteiger partial charge in [-0.15, -0.1) is 0 Å². The lowest BCUT2D eigenvalue weighted by Crippen LogP contribution is -2.15. The van der Waals surface area contributed by atoms with Gasteiger partial charge < -0.3 is 20.8 Å². The summed E-state index contributed by atoms with van der Waals surface area (Å²) in [5.74, 6) is -0.825. The van der Waals surface area contributed by atoms with E-state index >= 15 is 0 Å². The molecule has 29 heavy (non-hydrogen) atoms. The van der Waals surface area contributed by atoms with E-state index in [1.165, 1.54) is 0 Å². The first kappa shape index (κ1) is 20.6. The number of carbonyl (C=O) groups is 2. The topological polar surface area (TPSA) is 140 Å². The van der Waals surface area contributed by atoms with Crippen LogP contribution in [0.4, 0.5) is 10.9 Å². The van der Waals surface area contributed by atoms with Gasteiger partial charge in [-0.25, -0.2) is 14.8 Å². The van der Waals surface area contributed by atoms with Gasteiger partial charge in [0.25, 0.3) is 5.56 Å². The van der Waals surface area contributed by atoms with Crippen LogP contribution in [-0.4, -0.2) is 39.2 Å². The van der Waals surface area contributed by atoms with Crippen molar-refractivity contribution < 1.29 is 14.3 Å². The largest absolute Gasteiger partial charge is 0.462 e. The number of aromatic nitrogens is 3. The van der Waals surface area contributed by atoms with Gasteiger partial charge in [-0.1, -0.05) is 53.4 Å². The molecular formula is C18H17N5O4S2. The average molecular weight is 431 g/mol. The second-order valence-electron chi connectivity index (χ2n) is 5.60. The number of rotatable bonds is 7. The van der Waals surface area contributed by atoms with E-state index in [0.717, 1.165) is 34.7 Å². The SMILES string of the molecule is CCOC(=O)c1sc(NC(=O)CSc2nc(N)cc(=O)[nH]2)nc1-c1ccccc1. The molecule has 3 rings (SSSR count). The molecule has 0 radical (unpaired) electrons. The number of esters is 1. The molecule has 11 heteroatoms. The smallest absolute Gasteiger partial charge is 0.350 e. The maximum Gasteiger partial charge on any atom is 0.350 e. The zero-order chi connectivity index (χ0) is 20.8. The highest BCUT2D eigenvalue weighted by Gasteiger charge is 2.21. The Morgan fingerprint density at radius 1 is 1.28 bits per heavy atom. The van der Waals surface area contributed by atoms with E-state index in [1.807, 2.05) is 30.3 Å². The first-order chi connectivity index (χ1) is 14.0. The number of aromatic amines is 1. The Morgan fingerprint density at radius 3 is 2.72 bits per heavy atom. The normalized spacial score (nSPS) is 10.5. The molecule has 3 aromatic rings. The van der Waals surface area contributed by atoms with Crippen molar-refractivity contribution in [2.75, 3.05) is 23.4 Å². The highest BCUT2D eigenvalue weighted by molar-refractivity contribution is 7.99. The highest BCUT2D eigenvalue weighted by Crippen LogP contribution is 2.32. The van der Waals surface area contributed by atoms with Crippen molar-refractivity contribution in [3.63, 3.8) is 0 Å². The fraction of sp³-hybridized carbons (Fsp3) is 0.167. The van der Waals surface area contributed by atoms with Crippen LogP contribution in [0.5, 0.6) is 0 Å². The summed E-state index contributed by atoms with van der Waals surface area (Å²) in [4.78, 5) is 47.1. The van der Waals surface area contributed by atoms with Gasteiger partial charge in [-0.2, -0.15) is 0 Å². The molecule has 1 amide bonds. The van der Waals surface area contributed by atoms with Crippen molar-refractivity contribution in [3.05, 3.63) is 51.6 Å². The number of thioether (sulfide) groups is 1. The van der Waals surface area contributed by atoms with Crippen molar-refractivity contribution in [1.82, 2.24) is 15.0 Å². The first-order valence-corrected chi connectivity index (χ1v) is 10.3. The van der Waals surface area contributed by atoms with Gasteiger partial charge in [0, 0.05) is 11.6 Å². The van der Waals surface area contributed by atoms with Crippen LogP contribution in [0.3, 0.4) is 0 Å². The fourth-order valence-electron chi connectivity index (χ4n) is 2.31. The quantitative estimate of drug-likeness (QED) is 0.294. The van der Waals surface area contributed by atoms with Crippen LogP contribution < -0.4 is 16.6 Å². The number of anilines is 2. The van der Waals surface area contributed by atoms with E-state index in [-0.39, 0.29) is 34.4 Å². The molecule has 0 bridgehead atoms. The molecule has 0 spiro atoms. The Hall–Kier alpha value is -3.18. The third-order valence-electron chi connectivity index (χ3n) is 3.46. The molecule has 2 aromatic heterocycles. The predicted molar refractivity (Wildman–Crippen MR) is 112 cm³/mol. The Balaban J connectivity index is 1.75. The highest BCUT2D eigenvalue weighted by atomic mass is 32.2. The zero-order valence-corrected chi connectivity index (χ0v) is 16.9. The maximum atomic E-state index is 12.3. The van der Waals surface area contributed by atoms with Gasteiger partial charge in [0.15, 0.2) is 10.3 Å². The molecule has 0 fully saturated rings. The lowest BCUT2D eigenvalue weighted by Gasteiger charge is -2.02. The monoisotopic (exact) mass is 431 g/mol. The van der Waals surface area contributed by atoms with Crippen molar-refractivity contribution in [3.8, 4) is 11.3 Å². The van der Waals surface area contributed by atoms with Crippen molar-refractivity contribution in [2.45, 2.75) is 12.1 Å². The van der Waals surface area contributed by atoms with E-state index in [1.54, 1.807) is 6.92 Å². The Labute approximate surface area is 173 Å². The first-order valence-electron chi connectivity index (χ1n) is 8.49. The van der Waals surface area contributed by atoms with E-state index in [4.69, 9.17) is 10.5 Å². The third kappa shape index (κ3) is 5.42. The van der Waals surface area contributed by atoms with Crippen LogP contribution in [0.25, 0.3) is 11.3 Å². The van der Waals surface area contributed by atoms with Crippen LogP contribution in [0.15, 0.2) is 46.3 Å². The number of ether oxygens (including phenoxy) is 1. The summed E-state index contributed by atoms with van der Waals surface area (Å²) >= 11 is 2.06. The predicted octanol–water partition coefficient (Wildman–Crippen LogP) is 2.38. The summed E-state index contributed by atoms with van der Waals surface area (Å²) in [5.41, 5.74) is 6.31. The van der Waals surface area contributed by atoms with Gasteiger partial charge in [0.05, 0.1) is 18.1 Å². The van der Waals surface area contributed by atoms with Crippen LogP contribution in [0.2, 0.25) is 0 Å². The number of amides is 1. The minimum atomic E-state index is -0.500.